The number of anilines is 1. The number of pyridine rings is 1. The van der Waals surface area contributed by atoms with Gasteiger partial charge in [-0.1, -0.05) is 12.1 Å². The molecule has 0 unspecified atom stereocenters. The van der Waals surface area contributed by atoms with Gasteiger partial charge in [0.25, 0.3) is 5.69 Å². The Balaban J connectivity index is 2.09. The topological polar surface area (TPSA) is 68.1 Å². The van der Waals surface area contributed by atoms with Crippen molar-refractivity contribution in [3.8, 4) is 0 Å². The van der Waals surface area contributed by atoms with Gasteiger partial charge in [-0.05, 0) is 31.5 Å². The van der Waals surface area contributed by atoms with Gasteiger partial charge in [0.2, 0.25) is 0 Å². The molecule has 5 nitrogen and oxygen atoms in total. The molecule has 0 spiro atoms. The molecule has 0 amide bonds. The van der Waals surface area contributed by atoms with E-state index in [1.807, 2.05) is 25.1 Å². The molecular formula is C14H15N3O2. The highest BCUT2D eigenvalue weighted by Crippen LogP contribution is 2.22. The number of nitrogens with one attached hydrogen (secondary N) is 1. The molecule has 0 fully saturated rings. The zero-order chi connectivity index (χ0) is 13.8. The summed E-state index contributed by atoms with van der Waals surface area (Å²) >= 11 is 0. The van der Waals surface area contributed by atoms with Crippen molar-refractivity contribution in [2.24, 2.45) is 0 Å². The van der Waals surface area contributed by atoms with Crippen LogP contribution in [0.4, 0.5) is 11.4 Å². The molecule has 5 heteroatoms. The maximum atomic E-state index is 10.9. The first kappa shape index (κ1) is 13.0. The Kier molecular flexibility index (Phi) is 3.75. The first-order valence-electron chi connectivity index (χ1n) is 5.97. The maximum absolute atomic E-state index is 10.9. The predicted octanol–water partition coefficient (Wildman–Crippen LogP) is 3.22. The lowest BCUT2D eigenvalue weighted by Gasteiger charge is -2.07. The Morgan fingerprint density at radius 1 is 1.26 bits per heavy atom. The van der Waals surface area contributed by atoms with E-state index >= 15 is 0 Å². The minimum absolute atomic E-state index is 0.132. The first-order valence-corrected chi connectivity index (χ1v) is 5.97. The van der Waals surface area contributed by atoms with Gasteiger partial charge in [0.1, 0.15) is 0 Å². The van der Waals surface area contributed by atoms with E-state index in [9.17, 15) is 10.1 Å². The molecule has 0 bridgehead atoms. The van der Waals surface area contributed by atoms with Crippen molar-refractivity contribution in [2.45, 2.75) is 20.4 Å². The van der Waals surface area contributed by atoms with Crippen molar-refractivity contribution >= 4 is 11.4 Å². The molecule has 1 heterocycles. The van der Waals surface area contributed by atoms with Crippen molar-refractivity contribution in [1.82, 2.24) is 4.98 Å². The molecule has 2 rings (SSSR count). The number of rotatable bonds is 4. The fourth-order valence-corrected chi connectivity index (χ4v) is 1.72. The Morgan fingerprint density at radius 3 is 2.68 bits per heavy atom. The van der Waals surface area contributed by atoms with Crippen LogP contribution >= 0.6 is 0 Å². The molecule has 0 radical (unpaired) electrons. The predicted molar refractivity (Wildman–Crippen MR) is 74.1 cm³/mol. The minimum atomic E-state index is -0.367. The van der Waals surface area contributed by atoms with E-state index in [-0.39, 0.29) is 10.6 Å². The number of nitrogens with zero attached hydrogens (tertiary/aromatic N) is 2. The molecule has 2 aromatic rings. The number of nitro benzene ring substituents is 1. The van der Waals surface area contributed by atoms with Crippen LogP contribution in [0.25, 0.3) is 0 Å². The van der Waals surface area contributed by atoms with Crippen LogP contribution in [0.1, 0.15) is 16.8 Å². The van der Waals surface area contributed by atoms with Gasteiger partial charge in [-0.15, -0.1) is 0 Å². The molecular weight excluding hydrogens is 242 g/mol. The van der Waals surface area contributed by atoms with Crippen LogP contribution in [0.15, 0.2) is 36.5 Å². The Bertz CT molecular complexity index is 594. The van der Waals surface area contributed by atoms with Crippen molar-refractivity contribution in [3.05, 3.63) is 63.5 Å². The summed E-state index contributed by atoms with van der Waals surface area (Å²) in [6.45, 7) is 4.25. The van der Waals surface area contributed by atoms with Gasteiger partial charge < -0.3 is 5.32 Å². The summed E-state index contributed by atoms with van der Waals surface area (Å²) in [4.78, 5) is 14.7. The minimum Gasteiger partial charge on any atom is -0.381 e. The van der Waals surface area contributed by atoms with Crippen LogP contribution in [0.2, 0.25) is 0 Å². The number of hydrogen-bond donors (Lipinski definition) is 1. The lowest BCUT2D eigenvalue weighted by atomic mass is 10.2. The lowest BCUT2D eigenvalue weighted by Crippen LogP contribution is -2.01. The largest absolute Gasteiger partial charge is 0.381 e. The number of nitro groups is 1. The monoisotopic (exact) mass is 257 g/mol. The third-order valence-electron chi connectivity index (χ3n) is 2.88. The molecule has 1 aromatic carbocycles. The highest BCUT2D eigenvalue weighted by Gasteiger charge is 2.10. The molecule has 1 N–H and O–H groups in total. The summed E-state index contributed by atoms with van der Waals surface area (Å²) in [5.74, 6) is 0. The summed E-state index contributed by atoms with van der Waals surface area (Å²) in [5.41, 5.74) is 3.53. The van der Waals surface area contributed by atoms with E-state index in [4.69, 9.17) is 0 Å². The molecule has 0 saturated carbocycles. The van der Waals surface area contributed by atoms with E-state index in [0.29, 0.717) is 12.1 Å². The molecule has 19 heavy (non-hydrogen) atoms. The van der Waals surface area contributed by atoms with E-state index < -0.39 is 0 Å². The van der Waals surface area contributed by atoms with E-state index in [2.05, 4.69) is 10.3 Å². The smallest absolute Gasteiger partial charge is 0.274 e. The zero-order valence-electron chi connectivity index (χ0n) is 10.9. The second-order valence-electron chi connectivity index (χ2n) is 4.42. The summed E-state index contributed by atoms with van der Waals surface area (Å²) < 4.78 is 0. The fourth-order valence-electron chi connectivity index (χ4n) is 1.72. The molecule has 98 valence electrons. The fraction of sp³-hybridized carbons (Fsp3) is 0.214. The second-order valence-corrected chi connectivity index (χ2v) is 4.42. The standard InChI is InChI=1S/C14H15N3O2/c1-10-3-6-13(7-14(10)17(18)19)16-9-12-5-4-11(2)15-8-12/h3-8,16H,9H2,1-2H3. The first-order chi connectivity index (χ1) is 9.06. The zero-order valence-corrected chi connectivity index (χ0v) is 10.9. The van der Waals surface area contributed by atoms with E-state index in [0.717, 1.165) is 16.9 Å². The van der Waals surface area contributed by atoms with Gasteiger partial charge in [0, 0.05) is 35.8 Å². The van der Waals surface area contributed by atoms with Crippen LogP contribution in [0.3, 0.4) is 0 Å². The van der Waals surface area contributed by atoms with Crippen molar-refractivity contribution in [1.29, 1.82) is 0 Å². The average molecular weight is 257 g/mol. The Labute approximate surface area is 111 Å². The number of hydrogen-bond acceptors (Lipinski definition) is 4. The highest BCUT2D eigenvalue weighted by atomic mass is 16.6. The van der Waals surface area contributed by atoms with Crippen LogP contribution < -0.4 is 5.32 Å². The van der Waals surface area contributed by atoms with Crippen LogP contribution in [0.5, 0.6) is 0 Å². The van der Waals surface area contributed by atoms with Gasteiger partial charge in [-0.25, -0.2) is 0 Å². The molecule has 0 aliphatic heterocycles. The normalized spacial score (nSPS) is 10.2. The third kappa shape index (κ3) is 3.28. The van der Waals surface area contributed by atoms with Gasteiger partial charge in [-0.3, -0.25) is 15.1 Å². The number of benzene rings is 1. The lowest BCUT2D eigenvalue weighted by molar-refractivity contribution is -0.385. The maximum Gasteiger partial charge on any atom is 0.274 e. The quantitative estimate of drug-likeness (QED) is 0.674. The molecule has 0 atom stereocenters. The Hall–Kier alpha value is -2.43. The number of aromatic nitrogens is 1. The van der Waals surface area contributed by atoms with Crippen molar-refractivity contribution in [2.75, 3.05) is 5.32 Å². The van der Waals surface area contributed by atoms with E-state index in [1.54, 1.807) is 25.3 Å². The summed E-state index contributed by atoms with van der Waals surface area (Å²) in [7, 11) is 0. The van der Waals surface area contributed by atoms with E-state index in [1.165, 1.54) is 0 Å². The SMILES string of the molecule is Cc1ccc(CNc2ccc(C)c([N+](=O)[O-])c2)cn1. The molecule has 0 aliphatic carbocycles. The van der Waals surface area contributed by atoms with Gasteiger partial charge >= 0.3 is 0 Å². The third-order valence-corrected chi connectivity index (χ3v) is 2.88. The van der Waals surface area contributed by atoms with Gasteiger partial charge in [0.05, 0.1) is 4.92 Å². The van der Waals surface area contributed by atoms with Crippen LogP contribution in [-0.4, -0.2) is 9.91 Å². The van der Waals surface area contributed by atoms with Gasteiger partial charge in [-0.2, -0.15) is 0 Å². The highest BCUT2D eigenvalue weighted by molar-refractivity contribution is 5.55. The van der Waals surface area contributed by atoms with Gasteiger partial charge in [0.15, 0.2) is 0 Å². The average Bonchev–Trinajstić information content (AvgIpc) is 2.39. The van der Waals surface area contributed by atoms with Crippen molar-refractivity contribution < 1.29 is 4.92 Å². The second kappa shape index (κ2) is 5.48. The summed E-state index contributed by atoms with van der Waals surface area (Å²) in [6, 6.07) is 9.06. The van der Waals surface area contributed by atoms with Crippen LogP contribution in [-0.2, 0) is 6.54 Å². The summed E-state index contributed by atoms with van der Waals surface area (Å²) in [5, 5.41) is 14.0. The van der Waals surface area contributed by atoms with Crippen molar-refractivity contribution in [3.63, 3.8) is 0 Å². The Morgan fingerprint density at radius 2 is 2.05 bits per heavy atom. The number of aryl methyl sites for hydroxylation is 2. The molecule has 1 aromatic heterocycles. The molecule has 0 saturated heterocycles. The molecule has 0 aliphatic rings. The van der Waals surface area contributed by atoms with Crippen LogP contribution in [0, 0.1) is 24.0 Å². The summed E-state index contributed by atoms with van der Waals surface area (Å²) in [6.07, 6.45) is 1.80.